The van der Waals surface area contributed by atoms with E-state index in [4.69, 9.17) is 37.8 Å². The maximum atomic E-state index is 16.1. The number of piperazine rings is 1. The number of methoxy groups -OCH3 is 1. The molecule has 2 aliphatic rings. The van der Waals surface area contributed by atoms with Crippen molar-refractivity contribution in [2.75, 3.05) is 31.9 Å². The molecule has 1 saturated heterocycles. The first-order valence-electron chi connectivity index (χ1n) is 14.4. The lowest BCUT2D eigenvalue weighted by Gasteiger charge is -2.47. The Kier molecular flexibility index (Phi) is 9.41. The highest BCUT2D eigenvalue weighted by molar-refractivity contribution is 6.35. The molecule has 2 fully saturated rings. The second kappa shape index (κ2) is 12.9. The third-order valence-electron chi connectivity index (χ3n) is 8.34. The molecule has 1 saturated carbocycles. The number of pyridine rings is 1. The third-order valence-corrected chi connectivity index (χ3v) is 8.93. The normalized spacial score (nSPS) is 19.6. The van der Waals surface area contributed by atoms with E-state index in [-0.39, 0.29) is 47.1 Å². The number of carbonyl (C=O) groups excluding carboxylic acids is 2. The number of nitrogens with zero attached hydrogens (tertiary/aromatic N) is 3. The van der Waals surface area contributed by atoms with E-state index in [2.05, 4.69) is 5.32 Å². The number of benzene rings is 2. The van der Waals surface area contributed by atoms with E-state index in [1.807, 2.05) is 28.2 Å². The van der Waals surface area contributed by atoms with E-state index < -0.39 is 36.0 Å². The van der Waals surface area contributed by atoms with Crippen molar-refractivity contribution in [2.24, 2.45) is 0 Å². The molecule has 1 aromatic heterocycles. The van der Waals surface area contributed by atoms with E-state index in [0.29, 0.717) is 34.2 Å². The number of amides is 1. The highest BCUT2D eigenvalue weighted by Crippen LogP contribution is 2.44. The molecule has 3 aromatic rings. The van der Waals surface area contributed by atoms with Crippen molar-refractivity contribution in [3.8, 4) is 5.75 Å². The van der Waals surface area contributed by atoms with E-state index in [9.17, 15) is 14.4 Å². The van der Waals surface area contributed by atoms with Gasteiger partial charge in [-0.1, -0.05) is 29.3 Å². The summed E-state index contributed by atoms with van der Waals surface area (Å²) in [4.78, 5) is 43.2. The number of halogens is 3. The standard InChI is InChI=1S/C31H35Cl2FN4O6/c1-16-12-36(13-17(2)38(16)18(3)31(42)44-15-39)27-25(34)10-22-26(29(27)43-4)37(21-7-8-21)14-23(28(22)40)30(41)35-11-19-5-6-20(32)9-24(19)33/h5-6,9-10,14,16-18,21,39H,7-8,11-13,15H2,1-4H3,(H,35,41)/t16-,17+,18?. The Balaban J connectivity index is 1.51. The number of esters is 1. The maximum absolute atomic E-state index is 16.1. The fraction of sp³-hybridized carbons (Fsp3) is 0.452. The summed E-state index contributed by atoms with van der Waals surface area (Å²) in [6.45, 7) is 5.67. The van der Waals surface area contributed by atoms with Crippen LogP contribution < -0.4 is 20.4 Å². The van der Waals surface area contributed by atoms with Gasteiger partial charge in [0, 0.05) is 54.0 Å². The van der Waals surface area contributed by atoms with Crippen LogP contribution in [0.1, 0.15) is 55.6 Å². The first kappa shape index (κ1) is 32.0. The van der Waals surface area contributed by atoms with Gasteiger partial charge < -0.3 is 29.4 Å². The Morgan fingerprint density at radius 3 is 2.43 bits per heavy atom. The number of carbonyl (C=O) groups is 2. The molecule has 0 bridgehead atoms. The van der Waals surface area contributed by atoms with Crippen LogP contribution in [-0.2, 0) is 16.1 Å². The van der Waals surface area contributed by atoms with Crippen LogP contribution in [0.3, 0.4) is 0 Å². The van der Waals surface area contributed by atoms with E-state index >= 15 is 4.39 Å². The predicted molar refractivity (Wildman–Crippen MR) is 166 cm³/mol. The van der Waals surface area contributed by atoms with Gasteiger partial charge >= 0.3 is 5.97 Å². The van der Waals surface area contributed by atoms with Gasteiger partial charge in [-0.25, -0.2) is 4.39 Å². The Morgan fingerprint density at radius 2 is 1.84 bits per heavy atom. The quantitative estimate of drug-likeness (QED) is 0.258. The largest absolute Gasteiger partial charge is 0.492 e. The summed E-state index contributed by atoms with van der Waals surface area (Å²) in [7, 11) is 1.44. The lowest BCUT2D eigenvalue weighted by Crippen LogP contribution is -2.61. The summed E-state index contributed by atoms with van der Waals surface area (Å²) in [5.41, 5.74) is 0.559. The smallest absolute Gasteiger partial charge is 0.325 e. The van der Waals surface area contributed by atoms with Crippen LogP contribution in [0.2, 0.25) is 10.0 Å². The first-order valence-corrected chi connectivity index (χ1v) is 15.2. The monoisotopic (exact) mass is 648 g/mol. The average molecular weight is 650 g/mol. The molecule has 5 rings (SSSR count). The molecule has 44 heavy (non-hydrogen) atoms. The van der Waals surface area contributed by atoms with Gasteiger partial charge in [0.1, 0.15) is 17.3 Å². The molecule has 1 amide bonds. The Hall–Kier alpha value is -3.38. The molecule has 1 unspecified atom stereocenters. The Morgan fingerprint density at radius 1 is 1.16 bits per heavy atom. The SMILES string of the molecule is COc1c(N2C[C@@H](C)N(C(C)C(=O)OCO)[C@@H](C)C2)c(F)cc2c(=O)c(C(=O)NCc3ccc(Cl)cc3Cl)cn(C3CC3)c12. The molecule has 0 spiro atoms. The molecule has 2 aromatic carbocycles. The summed E-state index contributed by atoms with van der Waals surface area (Å²) in [5, 5.41) is 12.7. The zero-order valence-corrected chi connectivity index (χ0v) is 26.4. The van der Waals surface area contributed by atoms with Gasteiger partial charge in [-0.3, -0.25) is 19.3 Å². The van der Waals surface area contributed by atoms with E-state index in [0.717, 1.165) is 12.8 Å². The number of anilines is 1. The number of aliphatic hydroxyl groups is 1. The zero-order chi connectivity index (χ0) is 31.9. The van der Waals surface area contributed by atoms with Gasteiger partial charge in [0.2, 0.25) is 5.43 Å². The van der Waals surface area contributed by atoms with Crippen LogP contribution in [0, 0.1) is 5.82 Å². The first-order chi connectivity index (χ1) is 21.0. The zero-order valence-electron chi connectivity index (χ0n) is 24.9. The Labute approximate surface area is 264 Å². The number of fused-ring (bicyclic) bond motifs is 1. The molecule has 0 radical (unpaired) electrons. The van der Waals surface area contributed by atoms with Crippen molar-refractivity contribution in [1.82, 2.24) is 14.8 Å². The minimum atomic E-state index is -0.700. The lowest BCUT2D eigenvalue weighted by molar-refractivity contribution is -0.159. The minimum Gasteiger partial charge on any atom is -0.492 e. The number of ether oxygens (including phenoxy) is 2. The van der Waals surface area contributed by atoms with Crippen molar-refractivity contribution < 1.29 is 28.6 Å². The van der Waals surface area contributed by atoms with Gasteiger partial charge in [-0.05, 0) is 57.4 Å². The summed E-state index contributed by atoms with van der Waals surface area (Å²) in [6.07, 6.45) is 3.21. The second-order valence-corrected chi connectivity index (χ2v) is 12.2. The maximum Gasteiger partial charge on any atom is 0.325 e. The fourth-order valence-corrected chi connectivity index (χ4v) is 6.73. The molecule has 3 atom stereocenters. The van der Waals surface area contributed by atoms with E-state index in [1.54, 1.807) is 25.1 Å². The van der Waals surface area contributed by atoms with Gasteiger partial charge in [-0.2, -0.15) is 0 Å². The number of hydrogen-bond donors (Lipinski definition) is 2. The topological polar surface area (TPSA) is 113 Å². The number of hydrogen-bond acceptors (Lipinski definition) is 8. The Bertz CT molecular complexity index is 1650. The van der Waals surface area contributed by atoms with Crippen molar-refractivity contribution in [2.45, 2.75) is 64.3 Å². The van der Waals surface area contributed by atoms with Crippen molar-refractivity contribution in [3.05, 3.63) is 67.7 Å². The minimum absolute atomic E-state index is 0.0238. The van der Waals surface area contributed by atoms with Gasteiger partial charge in [-0.15, -0.1) is 0 Å². The van der Waals surface area contributed by atoms with Crippen LogP contribution in [-0.4, -0.2) is 71.6 Å². The van der Waals surface area contributed by atoms with Gasteiger partial charge in [0.15, 0.2) is 18.4 Å². The number of rotatable bonds is 9. The fourth-order valence-electron chi connectivity index (χ4n) is 6.26. The molecule has 2 heterocycles. The molecule has 236 valence electrons. The van der Waals surface area contributed by atoms with Crippen molar-refractivity contribution in [1.29, 1.82) is 0 Å². The van der Waals surface area contributed by atoms with Gasteiger partial charge in [0.25, 0.3) is 5.91 Å². The van der Waals surface area contributed by atoms with Crippen LogP contribution in [0.5, 0.6) is 5.75 Å². The lowest BCUT2D eigenvalue weighted by atomic mass is 10.0. The van der Waals surface area contributed by atoms with Crippen LogP contribution >= 0.6 is 23.2 Å². The predicted octanol–water partition coefficient (Wildman–Crippen LogP) is 4.50. The summed E-state index contributed by atoms with van der Waals surface area (Å²) >= 11 is 12.2. The molecule has 13 heteroatoms. The van der Waals surface area contributed by atoms with E-state index in [1.165, 1.54) is 19.4 Å². The summed E-state index contributed by atoms with van der Waals surface area (Å²) < 4.78 is 28.6. The highest BCUT2D eigenvalue weighted by atomic mass is 35.5. The summed E-state index contributed by atoms with van der Waals surface area (Å²) in [6, 6.07) is 5.14. The molecule has 1 aliphatic heterocycles. The molecule has 1 aliphatic carbocycles. The van der Waals surface area contributed by atoms with Crippen molar-refractivity contribution in [3.63, 3.8) is 0 Å². The summed E-state index contributed by atoms with van der Waals surface area (Å²) in [5.74, 6) is -1.59. The molecular weight excluding hydrogens is 614 g/mol. The number of aliphatic hydroxyl groups excluding tert-OH is 1. The highest BCUT2D eigenvalue weighted by Gasteiger charge is 2.39. The average Bonchev–Trinajstić information content (AvgIpc) is 3.81. The van der Waals surface area contributed by atoms with Crippen molar-refractivity contribution >= 4 is 51.7 Å². The number of aromatic nitrogens is 1. The van der Waals surface area contributed by atoms with Gasteiger partial charge in [0.05, 0.1) is 18.0 Å². The molecule has 10 nitrogen and oxygen atoms in total. The van der Waals surface area contributed by atoms with Crippen LogP contribution in [0.15, 0.2) is 35.3 Å². The molecule has 2 N–H and O–H groups in total. The molecular formula is C31H35Cl2FN4O6. The second-order valence-electron chi connectivity index (χ2n) is 11.4. The third kappa shape index (κ3) is 6.10. The van der Waals surface area contributed by atoms with Crippen LogP contribution in [0.25, 0.3) is 10.9 Å². The van der Waals surface area contributed by atoms with Crippen LogP contribution in [0.4, 0.5) is 10.1 Å². The number of nitrogens with one attached hydrogen (secondary N) is 1.